The first-order chi connectivity index (χ1) is 9.58. The molecule has 0 atom stereocenters. The number of hydrogen-bond acceptors (Lipinski definition) is 5. The summed E-state index contributed by atoms with van der Waals surface area (Å²) in [5, 5.41) is 20.5. The Bertz CT molecular complexity index is 447. The summed E-state index contributed by atoms with van der Waals surface area (Å²) in [7, 11) is 1.53. The molecule has 112 valence electrons. The van der Waals surface area contributed by atoms with E-state index in [0.29, 0.717) is 18.0 Å². The Hall–Kier alpha value is -1.82. The van der Waals surface area contributed by atoms with Crippen LogP contribution in [0.3, 0.4) is 0 Å². The molecule has 0 aliphatic heterocycles. The Morgan fingerprint density at radius 3 is 2.50 bits per heavy atom. The van der Waals surface area contributed by atoms with Crippen LogP contribution in [0.2, 0.25) is 0 Å². The SMILES string of the molecule is CCC(CC)N(CCO)c1cc(OC)ccc1[N+](=O)[O-]. The van der Waals surface area contributed by atoms with E-state index in [1.165, 1.54) is 13.2 Å². The fourth-order valence-electron chi connectivity index (χ4n) is 2.35. The standard InChI is InChI=1S/C14H22N2O4/c1-4-11(5-2)15(8-9-17)14-10-12(20-3)6-7-13(14)16(18)19/h6-7,10-11,17H,4-5,8-9H2,1-3H3. The largest absolute Gasteiger partial charge is 0.497 e. The van der Waals surface area contributed by atoms with Crippen molar-refractivity contribution < 1.29 is 14.8 Å². The van der Waals surface area contributed by atoms with Crippen LogP contribution in [0.25, 0.3) is 0 Å². The molecular formula is C14H22N2O4. The number of nitro groups is 1. The Kier molecular flexibility index (Phi) is 6.24. The highest BCUT2D eigenvalue weighted by molar-refractivity contribution is 5.66. The molecule has 0 amide bonds. The summed E-state index contributed by atoms with van der Waals surface area (Å²) in [6.45, 7) is 4.38. The van der Waals surface area contributed by atoms with Crippen molar-refractivity contribution in [1.29, 1.82) is 0 Å². The number of benzene rings is 1. The summed E-state index contributed by atoms with van der Waals surface area (Å²) >= 11 is 0. The second kappa shape index (κ2) is 7.69. The monoisotopic (exact) mass is 282 g/mol. The normalized spacial score (nSPS) is 10.7. The maximum Gasteiger partial charge on any atom is 0.292 e. The van der Waals surface area contributed by atoms with Gasteiger partial charge in [0.05, 0.1) is 18.6 Å². The Balaban J connectivity index is 3.31. The third-order valence-corrected chi connectivity index (χ3v) is 3.41. The van der Waals surface area contributed by atoms with Crippen LogP contribution in [0.5, 0.6) is 5.75 Å². The van der Waals surface area contributed by atoms with Crippen molar-refractivity contribution in [2.45, 2.75) is 32.7 Å². The molecule has 1 rings (SSSR count). The van der Waals surface area contributed by atoms with Crippen molar-refractivity contribution in [3.8, 4) is 5.75 Å². The van der Waals surface area contributed by atoms with E-state index >= 15 is 0 Å². The number of aliphatic hydroxyl groups excluding tert-OH is 1. The summed E-state index contributed by atoms with van der Waals surface area (Å²) in [5.74, 6) is 0.569. The van der Waals surface area contributed by atoms with Gasteiger partial charge in [-0.1, -0.05) is 13.8 Å². The lowest BCUT2D eigenvalue weighted by atomic mass is 10.1. The van der Waals surface area contributed by atoms with Crippen molar-refractivity contribution >= 4 is 11.4 Å². The van der Waals surface area contributed by atoms with Crippen molar-refractivity contribution in [1.82, 2.24) is 0 Å². The van der Waals surface area contributed by atoms with Crippen molar-refractivity contribution in [3.05, 3.63) is 28.3 Å². The molecule has 20 heavy (non-hydrogen) atoms. The molecule has 1 N–H and O–H groups in total. The van der Waals surface area contributed by atoms with Crippen molar-refractivity contribution in [2.24, 2.45) is 0 Å². The van der Waals surface area contributed by atoms with E-state index in [0.717, 1.165) is 12.8 Å². The maximum atomic E-state index is 11.2. The minimum absolute atomic E-state index is 0.0335. The number of nitrogens with zero attached hydrogens (tertiary/aromatic N) is 2. The van der Waals surface area contributed by atoms with Gasteiger partial charge < -0.3 is 14.7 Å². The number of rotatable bonds is 8. The van der Waals surface area contributed by atoms with Crippen LogP contribution in [-0.2, 0) is 0 Å². The molecule has 0 aliphatic carbocycles. The molecule has 0 unspecified atom stereocenters. The molecule has 1 aromatic rings. The van der Waals surface area contributed by atoms with Gasteiger partial charge in [-0.15, -0.1) is 0 Å². The molecule has 0 spiro atoms. The van der Waals surface area contributed by atoms with E-state index in [2.05, 4.69) is 0 Å². The Morgan fingerprint density at radius 1 is 1.40 bits per heavy atom. The molecule has 0 heterocycles. The first kappa shape index (κ1) is 16.2. The molecule has 0 radical (unpaired) electrons. The van der Waals surface area contributed by atoms with Crippen LogP contribution >= 0.6 is 0 Å². The van der Waals surface area contributed by atoms with Crippen molar-refractivity contribution in [3.63, 3.8) is 0 Å². The van der Waals surface area contributed by atoms with Crippen LogP contribution in [0, 0.1) is 10.1 Å². The van der Waals surface area contributed by atoms with Gasteiger partial charge in [0.2, 0.25) is 0 Å². The zero-order chi connectivity index (χ0) is 15.1. The molecule has 0 aliphatic rings. The zero-order valence-electron chi connectivity index (χ0n) is 12.2. The van der Waals surface area contributed by atoms with E-state index in [4.69, 9.17) is 4.74 Å². The van der Waals surface area contributed by atoms with E-state index < -0.39 is 4.92 Å². The molecule has 6 nitrogen and oxygen atoms in total. The highest BCUT2D eigenvalue weighted by Gasteiger charge is 2.24. The van der Waals surface area contributed by atoms with Crippen LogP contribution in [0.1, 0.15) is 26.7 Å². The summed E-state index contributed by atoms with van der Waals surface area (Å²) in [5.41, 5.74) is 0.531. The van der Waals surface area contributed by atoms with Gasteiger partial charge in [-0.25, -0.2) is 0 Å². The van der Waals surface area contributed by atoms with E-state index in [9.17, 15) is 15.2 Å². The number of aliphatic hydroxyl groups is 1. The minimum Gasteiger partial charge on any atom is -0.497 e. The predicted octanol–water partition coefficient (Wildman–Crippen LogP) is 2.59. The molecule has 0 fully saturated rings. The van der Waals surface area contributed by atoms with Gasteiger partial charge in [0.1, 0.15) is 11.4 Å². The van der Waals surface area contributed by atoms with Crippen molar-refractivity contribution in [2.75, 3.05) is 25.2 Å². The zero-order valence-corrected chi connectivity index (χ0v) is 12.2. The van der Waals surface area contributed by atoms with E-state index in [1.54, 1.807) is 12.1 Å². The van der Waals surface area contributed by atoms with Gasteiger partial charge in [0.15, 0.2) is 0 Å². The fourth-order valence-corrected chi connectivity index (χ4v) is 2.35. The summed E-state index contributed by atoms with van der Waals surface area (Å²) < 4.78 is 5.15. The first-order valence-electron chi connectivity index (χ1n) is 6.78. The van der Waals surface area contributed by atoms with Crippen LogP contribution in [0.15, 0.2) is 18.2 Å². The molecule has 1 aromatic carbocycles. The number of nitro benzene ring substituents is 1. The van der Waals surface area contributed by atoms with Gasteiger partial charge in [0, 0.05) is 24.7 Å². The van der Waals surface area contributed by atoms with E-state index in [1.807, 2.05) is 18.7 Å². The lowest BCUT2D eigenvalue weighted by molar-refractivity contribution is -0.384. The topological polar surface area (TPSA) is 75.8 Å². The highest BCUT2D eigenvalue weighted by atomic mass is 16.6. The van der Waals surface area contributed by atoms with E-state index in [-0.39, 0.29) is 18.3 Å². The van der Waals surface area contributed by atoms with Gasteiger partial charge in [-0.3, -0.25) is 10.1 Å². The maximum absolute atomic E-state index is 11.2. The second-order valence-electron chi connectivity index (χ2n) is 4.50. The number of anilines is 1. The summed E-state index contributed by atoms with van der Waals surface area (Å²) in [6.07, 6.45) is 1.70. The second-order valence-corrected chi connectivity index (χ2v) is 4.50. The average Bonchev–Trinajstić information content (AvgIpc) is 2.46. The fraction of sp³-hybridized carbons (Fsp3) is 0.571. The Morgan fingerprint density at radius 2 is 2.05 bits per heavy atom. The first-order valence-corrected chi connectivity index (χ1v) is 6.78. The van der Waals surface area contributed by atoms with Gasteiger partial charge in [0.25, 0.3) is 5.69 Å². The number of hydrogen-bond donors (Lipinski definition) is 1. The lowest BCUT2D eigenvalue weighted by Crippen LogP contribution is -2.37. The predicted molar refractivity (Wildman–Crippen MR) is 78.5 cm³/mol. The van der Waals surface area contributed by atoms with Crippen LogP contribution in [0.4, 0.5) is 11.4 Å². The van der Waals surface area contributed by atoms with Crippen LogP contribution in [-0.4, -0.2) is 36.3 Å². The quantitative estimate of drug-likeness (QED) is 0.586. The lowest BCUT2D eigenvalue weighted by Gasteiger charge is -2.31. The number of ether oxygens (including phenoxy) is 1. The third-order valence-electron chi connectivity index (χ3n) is 3.41. The van der Waals surface area contributed by atoms with Gasteiger partial charge in [-0.05, 0) is 18.9 Å². The molecule has 0 saturated carbocycles. The molecule has 0 bridgehead atoms. The highest BCUT2D eigenvalue weighted by Crippen LogP contribution is 2.34. The van der Waals surface area contributed by atoms with Gasteiger partial charge >= 0.3 is 0 Å². The summed E-state index contributed by atoms with van der Waals surface area (Å²) in [6, 6.07) is 4.83. The molecule has 0 saturated heterocycles. The molecule has 6 heteroatoms. The third kappa shape index (κ3) is 3.60. The molecular weight excluding hydrogens is 260 g/mol. The average molecular weight is 282 g/mol. The Labute approximate surface area is 119 Å². The number of methoxy groups -OCH3 is 1. The summed E-state index contributed by atoms with van der Waals surface area (Å²) in [4.78, 5) is 12.7. The van der Waals surface area contributed by atoms with Crippen LogP contribution < -0.4 is 9.64 Å². The van der Waals surface area contributed by atoms with Gasteiger partial charge in [-0.2, -0.15) is 0 Å². The minimum atomic E-state index is -0.401. The smallest absolute Gasteiger partial charge is 0.292 e. The molecule has 0 aromatic heterocycles.